The molecule has 4 atom stereocenters. The number of carboxylic acids is 1. The van der Waals surface area contributed by atoms with Gasteiger partial charge in [-0.3, -0.25) is 0 Å². The number of rotatable bonds is 16. The fourth-order valence-electron chi connectivity index (χ4n) is 2.37. The molecule has 0 saturated heterocycles. The number of carboxylic acid groups (broad SMARTS) is 1. The number of unbranched alkanes of at least 4 members (excludes halogenated alkanes) is 1. The minimum atomic E-state index is -1.02. The number of carbonyl (C=O) groups is 1. The van der Waals surface area contributed by atoms with Crippen LogP contribution in [0.5, 0.6) is 0 Å². The van der Waals surface area contributed by atoms with Gasteiger partial charge < -0.3 is 25.5 Å². The molecule has 0 aliphatic heterocycles. The highest BCUT2D eigenvalue weighted by Gasteiger charge is 2.07. The second-order valence-corrected chi connectivity index (χ2v) is 7.03. The topological polar surface area (TPSA) is 118 Å². The lowest BCUT2D eigenvalue weighted by Crippen LogP contribution is -2.14. The minimum Gasteiger partial charge on any atom is -0.478 e. The van der Waals surface area contributed by atoms with Crippen LogP contribution in [0, 0.1) is 0 Å². The van der Waals surface area contributed by atoms with Crippen molar-refractivity contribution in [1.29, 1.82) is 0 Å². The van der Waals surface area contributed by atoms with Crippen molar-refractivity contribution in [2.45, 2.75) is 69.9 Å². The molecule has 0 aliphatic rings. The Morgan fingerprint density at radius 2 is 1.40 bits per heavy atom. The lowest BCUT2D eigenvalue weighted by molar-refractivity contribution is -0.131. The molecular weight excluding hydrogens is 384 g/mol. The number of hydrogen-bond acceptors (Lipinski definition) is 5. The lowest BCUT2D eigenvalue weighted by atomic mass is 10.1. The molecule has 0 amide bonds. The van der Waals surface area contributed by atoms with Gasteiger partial charge in [0.1, 0.15) is 0 Å². The molecule has 0 aliphatic carbocycles. The van der Waals surface area contributed by atoms with Gasteiger partial charge in [0.05, 0.1) is 24.4 Å². The average molecular weight is 421 g/mol. The maximum Gasteiger partial charge on any atom is 0.328 e. The molecule has 0 radical (unpaired) electrons. The van der Waals surface area contributed by atoms with Gasteiger partial charge in [-0.15, -0.1) is 0 Å². The summed E-state index contributed by atoms with van der Waals surface area (Å²) < 4.78 is 0. The van der Waals surface area contributed by atoms with E-state index in [1.807, 2.05) is 12.2 Å². The van der Waals surface area contributed by atoms with E-state index in [9.17, 15) is 20.1 Å². The molecule has 6 nitrogen and oxygen atoms in total. The van der Waals surface area contributed by atoms with Crippen LogP contribution in [-0.4, -0.2) is 55.9 Å². The molecule has 0 aromatic carbocycles. The van der Waals surface area contributed by atoms with Crippen LogP contribution in [-0.2, 0) is 4.79 Å². The van der Waals surface area contributed by atoms with Gasteiger partial charge in [-0.1, -0.05) is 66.8 Å². The van der Waals surface area contributed by atoms with Crippen molar-refractivity contribution < 1.29 is 30.3 Å². The number of aliphatic hydroxyl groups is 4. The molecule has 0 heterocycles. The van der Waals surface area contributed by atoms with Crippen molar-refractivity contribution in [2.75, 3.05) is 0 Å². The Labute approximate surface area is 179 Å². The molecule has 0 saturated carbocycles. The largest absolute Gasteiger partial charge is 0.478 e. The first-order chi connectivity index (χ1) is 14.3. The zero-order valence-corrected chi connectivity index (χ0v) is 17.6. The SMILES string of the molecule is C[C@@H](O)CCC/C=C/C=C/[C@H](O)C[C@@H](O)C/C=C\C=C\[C@@H](O)C/C=C/C=C\C(=O)O. The molecule has 6 heteroatoms. The number of hydrogen-bond donors (Lipinski definition) is 5. The summed E-state index contributed by atoms with van der Waals surface area (Å²) in [7, 11) is 0. The van der Waals surface area contributed by atoms with Crippen molar-refractivity contribution in [3.05, 3.63) is 72.9 Å². The Balaban J connectivity index is 3.99. The van der Waals surface area contributed by atoms with Gasteiger partial charge in [-0.05, 0) is 39.0 Å². The smallest absolute Gasteiger partial charge is 0.328 e. The number of aliphatic carboxylic acids is 1. The summed E-state index contributed by atoms with van der Waals surface area (Å²) in [6.07, 6.45) is 20.8. The minimum absolute atomic E-state index is 0.234. The highest BCUT2D eigenvalue weighted by atomic mass is 16.4. The van der Waals surface area contributed by atoms with Gasteiger partial charge >= 0.3 is 5.97 Å². The quantitative estimate of drug-likeness (QED) is 0.149. The van der Waals surface area contributed by atoms with Crippen molar-refractivity contribution in [3.63, 3.8) is 0 Å². The summed E-state index contributed by atoms with van der Waals surface area (Å²) in [6, 6.07) is 0. The molecule has 0 aromatic rings. The third-order valence-electron chi connectivity index (χ3n) is 3.94. The fourth-order valence-corrected chi connectivity index (χ4v) is 2.37. The average Bonchev–Trinajstić information content (AvgIpc) is 2.66. The van der Waals surface area contributed by atoms with E-state index in [0.717, 1.165) is 25.3 Å². The van der Waals surface area contributed by atoms with Gasteiger partial charge in [0.15, 0.2) is 0 Å². The highest BCUT2D eigenvalue weighted by molar-refractivity contribution is 5.80. The van der Waals surface area contributed by atoms with Crippen LogP contribution in [0.4, 0.5) is 0 Å². The summed E-state index contributed by atoms with van der Waals surface area (Å²) in [4.78, 5) is 10.3. The maximum absolute atomic E-state index is 10.3. The normalized spacial score (nSPS) is 17.2. The van der Waals surface area contributed by atoms with E-state index in [2.05, 4.69) is 0 Å². The molecule has 0 unspecified atom stereocenters. The van der Waals surface area contributed by atoms with Crippen LogP contribution in [0.2, 0.25) is 0 Å². The molecule has 0 rings (SSSR count). The fraction of sp³-hybridized carbons (Fsp3) is 0.458. The highest BCUT2D eigenvalue weighted by Crippen LogP contribution is 2.06. The van der Waals surface area contributed by atoms with E-state index in [1.54, 1.807) is 55.5 Å². The first-order valence-corrected chi connectivity index (χ1v) is 10.3. The second-order valence-electron chi connectivity index (χ2n) is 7.03. The predicted octanol–water partition coefficient (Wildman–Crippen LogP) is 3.21. The first-order valence-electron chi connectivity index (χ1n) is 10.3. The summed E-state index contributed by atoms with van der Waals surface area (Å²) in [5.74, 6) is -1.02. The summed E-state index contributed by atoms with van der Waals surface area (Å²) in [5, 5.41) is 47.2. The van der Waals surface area contributed by atoms with Gasteiger partial charge in [-0.25, -0.2) is 4.79 Å². The van der Waals surface area contributed by atoms with E-state index >= 15 is 0 Å². The van der Waals surface area contributed by atoms with Crippen LogP contribution in [0.3, 0.4) is 0 Å². The second kappa shape index (κ2) is 18.8. The predicted molar refractivity (Wildman–Crippen MR) is 120 cm³/mol. The Morgan fingerprint density at radius 3 is 2.07 bits per heavy atom. The van der Waals surface area contributed by atoms with E-state index < -0.39 is 24.3 Å². The van der Waals surface area contributed by atoms with E-state index in [-0.39, 0.29) is 12.5 Å². The molecular formula is C24H36O6. The third-order valence-corrected chi connectivity index (χ3v) is 3.94. The Hall–Kier alpha value is -2.25. The Morgan fingerprint density at radius 1 is 0.800 bits per heavy atom. The molecule has 30 heavy (non-hydrogen) atoms. The molecule has 0 fully saturated rings. The van der Waals surface area contributed by atoms with Crippen molar-refractivity contribution >= 4 is 5.97 Å². The Bertz CT molecular complexity index is 613. The standard InChI is InChI=1S/C24H36O6/c1-20(25)13-7-3-2-4-8-16-22(27)19-23(28)17-11-5-9-14-21(26)15-10-6-12-18-24(29)30/h2,4-6,8-12,14,16,18,20-23,25-28H,3,7,13,15,17,19H2,1H3,(H,29,30)/b4-2+,10-6+,11-5-,14-9+,16-8+,18-12-/t20-,21-,22+,23+/m1/s1. The van der Waals surface area contributed by atoms with Crippen LogP contribution >= 0.6 is 0 Å². The lowest BCUT2D eigenvalue weighted by Gasteiger charge is -2.10. The van der Waals surface area contributed by atoms with Crippen LogP contribution < -0.4 is 0 Å². The van der Waals surface area contributed by atoms with Gasteiger partial charge in [0.2, 0.25) is 0 Å². The summed E-state index contributed by atoms with van der Waals surface area (Å²) in [6.45, 7) is 1.77. The van der Waals surface area contributed by atoms with E-state index in [0.29, 0.717) is 12.8 Å². The van der Waals surface area contributed by atoms with Crippen LogP contribution in [0.25, 0.3) is 0 Å². The van der Waals surface area contributed by atoms with E-state index in [1.165, 1.54) is 6.08 Å². The molecule has 168 valence electrons. The maximum atomic E-state index is 10.3. The monoisotopic (exact) mass is 420 g/mol. The molecule has 0 spiro atoms. The van der Waals surface area contributed by atoms with Crippen LogP contribution in [0.1, 0.15) is 45.4 Å². The number of allylic oxidation sites excluding steroid dienone is 7. The summed E-state index contributed by atoms with van der Waals surface area (Å²) in [5.41, 5.74) is 0. The first kappa shape index (κ1) is 27.8. The van der Waals surface area contributed by atoms with E-state index in [4.69, 9.17) is 10.2 Å². The van der Waals surface area contributed by atoms with Crippen molar-refractivity contribution in [2.24, 2.45) is 0 Å². The van der Waals surface area contributed by atoms with Gasteiger partial charge in [0, 0.05) is 12.5 Å². The zero-order chi connectivity index (χ0) is 22.6. The molecule has 0 bridgehead atoms. The van der Waals surface area contributed by atoms with Crippen LogP contribution in [0.15, 0.2) is 72.9 Å². The van der Waals surface area contributed by atoms with Gasteiger partial charge in [0.25, 0.3) is 0 Å². The third kappa shape index (κ3) is 20.5. The Kier molecular flexibility index (Phi) is 17.4. The van der Waals surface area contributed by atoms with Gasteiger partial charge in [-0.2, -0.15) is 0 Å². The molecule has 0 aromatic heterocycles. The zero-order valence-electron chi connectivity index (χ0n) is 17.6. The molecule has 5 N–H and O–H groups in total. The van der Waals surface area contributed by atoms with Crippen molar-refractivity contribution in [3.8, 4) is 0 Å². The number of aliphatic hydroxyl groups excluding tert-OH is 4. The van der Waals surface area contributed by atoms with Crippen molar-refractivity contribution in [1.82, 2.24) is 0 Å². The summed E-state index contributed by atoms with van der Waals surface area (Å²) >= 11 is 0.